The summed E-state index contributed by atoms with van der Waals surface area (Å²) in [6.07, 6.45) is 5.17. The van der Waals surface area contributed by atoms with Gasteiger partial charge in [-0.3, -0.25) is 15.1 Å². The Morgan fingerprint density at radius 2 is 1.71 bits per heavy atom. The minimum Gasteiger partial charge on any atom is -0.278 e. The number of benzene rings is 2. The average Bonchev–Trinajstić information content (AvgIpc) is 2.93. The van der Waals surface area contributed by atoms with Gasteiger partial charge in [-0.25, -0.2) is 0 Å². The molecule has 0 atom stereocenters. The van der Waals surface area contributed by atoms with Crippen LogP contribution in [0.25, 0.3) is 33.1 Å². The average molecular weight is 295 g/mol. The second kappa shape index (κ2) is 4.53. The topological polar surface area (TPSA) is 54.5 Å². The summed E-state index contributed by atoms with van der Waals surface area (Å²) < 4.78 is 0. The second-order valence-corrected chi connectivity index (χ2v) is 5.41. The lowest BCUT2D eigenvalue weighted by molar-refractivity contribution is 1.12. The summed E-state index contributed by atoms with van der Waals surface area (Å²) in [5, 5.41) is 8.78. The van der Waals surface area contributed by atoms with E-state index in [0.29, 0.717) is 5.02 Å². The van der Waals surface area contributed by atoms with Crippen molar-refractivity contribution < 1.29 is 0 Å². The van der Waals surface area contributed by atoms with Crippen LogP contribution < -0.4 is 0 Å². The summed E-state index contributed by atoms with van der Waals surface area (Å²) in [4.78, 5) is 8.63. The van der Waals surface area contributed by atoms with Crippen molar-refractivity contribution in [2.45, 2.75) is 6.92 Å². The number of rotatable bonds is 1. The number of H-pyrrole nitrogens is 1. The van der Waals surface area contributed by atoms with Crippen molar-refractivity contribution in [3.05, 3.63) is 53.4 Å². The molecule has 4 rings (SSSR count). The molecule has 0 aliphatic rings. The van der Waals surface area contributed by atoms with E-state index in [0.717, 1.165) is 38.6 Å². The number of nitrogens with zero attached hydrogens (tertiary/aromatic N) is 3. The van der Waals surface area contributed by atoms with Gasteiger partial charge in [-0.05, 0) is 42.3 Å². The Labute approximate surface area is 125 Å². The summed E-state index contributed by atoms with van der Waals surface area (Å²) in [6.45, 7) is 2.06. The molecule has 2 heterocycles. The van der Waals surface area contributed by atoms with Crippen LogP contribution in [-0.4, -0.2) is 20.2 Å². The number of nitrogens with one attached hydrogen (secondary N) is 1. The molecule has 0 fully saturated rings. The van der Waals surface area contributed by atoms with Gasteiger partial charge in [0.15, 0.2) is 0 Å². The van der Waals surface area contributed by atoms with Gasteiger partial charge in [-0.2, -0.15) is 5.10 Å². The number of aromatic amines is 1. The van der Waals surface area contributed by atoms with E-state index in [9.17, 15) is 0 Å². The first-order valence-corrected chi connectivity index (χ1v) is 6.94. The Balaban J connectivity index is 2.02. The van der Waals surface area contributed by atoms with Crippen molar-refractivity contribution in [3.63, 3.8) is 0 Å². The van der Waals surface area contributed by atoms with Crippen LogP contribution in [0.4, 0.5) is 0 Å². The standard InChI is InChI=1S/C16H11ClN4/c1-9-4-14-10(8-20-21-14)5-11(9)12-6-15-16(7-13(12)17)19-3-2-18-15/h2-8H,1H3,(H,20,21). The first-order valence-electron chi connectivity index (χ1n) is 6.57. The number of aryl methyl sites for hydroxylation is 1. The molecule has 0 aliphatic heterocycles. The monoisotopic (exact) mass is 294 g/mol. The van der Waals surface area contributed by atoms with Gasteiger partial charge in [-0.15, -0.1) is 0 Å². The minimum absolute atomic E-state index is 0.675. The number of fused-ring (bicyclic) bond motifs is 2. The predicted octanol–water partition coefficient (Wildman–Crippen LogP) is 4.13. The van der Waals surface area contributed by atoms with Gasteiger partial charge < -0.3 is 0 Å². The van der Waals surface area contributed by atoms with E-state index in [-0.39, 0.29) is 0 Å². The lowest BCUT2D eigenvalue weighted by atomic mass is 9.98. The lowest BCUT2D eigenvalue weighted by Crippen LogP contribution is -1.88. The zero-order valence-corrected chi connectivity index (χ0v) is 12.0. The van der Waals surface area contributed by atoms with Crippen LogP contribution in [0, 0.1) is 6.92 Å². The van der Waals surface area contributed by atoms with Crippen LogP contribution in [0.5, 0.6) is 0 Å². The molecule has 0 saturated heterocycles. The Bertz CT molecular complexity index is 975. The van der Waals surface area contributed by atoms with Gasteiger partial charge in [-0.1, -0.05) is 11.6 Å². The van der Waals surface area contributed by atoms with Gasteiger partial charge in [0.2, 0.25) is 0 Å². The van der Waals surface area contributed by atoms with Crippen molar-refractivity contribution in [3.8, 4) is 11.1 Å². The van der Waals surface area contributed by atoms with Crippen LogP contribution in [0.3, 0.4) is 0 Å². The SMILES string of the molecule is Cc1cc2[nH]ncc2cc1-c1cc2nccnc2cc1Cl. The first kappa shape index (κ1) is 12.3. The summed E-state index contributed by atoms with van der Waals surface area (Å²) >= 11 is 6.44. The van der Waals surface area contributed by atoms with Crippen LogP contribution in [-0.2, 0) is 0 Å². The van der Waals surface area contributed by atoms with E-state index in [4.69, 9.17) is 11.6 Å². The molecule has 0 radical (unpaired) electrons. The van der Waals surface area contributed by atoms with E-state index in [2.05, 4.69) is 39.2 Å². The molecule has 0 spiro atoms. The van der Waals surface area contributed by atoms with Crippen LogP contribution in [0.1, 0.15) is 5.56 Å². The maximum Gasteiger partial charge on any atom is 0.0902 e. The highest BCUT2D eigenvalue weighted by Crippen LogP contribution is 2.34. The fraction of sp³-hybridized carbons (Fsp3) is 0.0625. The highest BCUT2D eigenvalue weighted by Gasteiger charge is 2.11. The van der Waals surface area contributed by atoms with E-state index in [1.54, 1.807) is 12.4 Å². The summed E-state index contributed by atoms with van der Waals surface area (Å²) in [6, 6.07) is 8.02. The Morgan fingerprint density at radius 3 is 2.52 bits per heavy atom. The van der Waals surface area contributed by atoms with Crippen molar-refractivity contribution in [1.82, 2.24) is 20.2 Å². The summed E-state index contributed by atoms with van der Waals surface area (Å²) in [5.41, 5.74) is 5.84. The van der Waals surface area contributed by atoms with Gasteiger partial charge in [0, 0.05) is 23.3 Å². The fourth-order valence-electron chi connectivity index (χ4n) is 2.58. The molecular weight excluding hydrogens is 284 g/mol. The first-order chi connectivity index (χ1) is 10.2. The smallest absolute Gasteiger partial charge is 0.0902 e. The third-order valence-corrected chi connectivity index (χ3v) is 3.95. The Morgan fingerprint density at radius 1 is 0.952 bits per heavy atom. The summed E-state index contributed by atoms with van der Waals surface area (Å²) in [7, 11) is 0. The highest BCUT2D eigenvalue weighted by atomic mass is 35.5. The molecule has 0 saturated carbocycles. The van der Waals surface area contributed by atoms with E-state index < -0.39 is 0 Å². The molecule has 0 unspecified atom stereocenters. The van der Waals surface area contributed by atoms with Gasteiger partial charge >= 0.3 is 0 Å². The number of hydrogen-bond acceptors (Lipinski definition) is 3. The Kier molecular flexibility index (Phi) is 2.65. The zero-order valence-electron chi connectivity index (χ0n) is 11.3. The predicted molar refractivity (Wildman–Crippen MR) is 84.4 cm³/mol. The molecular formula is C16H11ClN4. The number of aromatic nitrogens is 4. The third-order valence-electron chi connectivity index (χ3n) is 3.63. The third kappa shape index (κ3) is 1.96. The molecule has 0 aliphatic carbocycles. The zero-order chi connectivity index (χ0) is 14.4. The quantitative estimate of drug-likeness (QED) is 0.574. The Hall–Kier alpha value is -2.46. The summed E-state index contributed by atoms with van der Waals surface area (Å²) in [5.74, 6) is 0. The van der Waals surface area contributed by atoms with Gasteiger partial charge in [0.1, 0.15) is 0 Å². The number of halogens is 1. The van der Waals surface area contributed by atoms with Crippen LogP contribution >= 0.6 is 11.6 Å². The van der Waals surface area contributed by atoms with E-state index in [1.165, 1.54) is 0 Å². The van der Waals surface area contributed by atoms with Crippen molar-refractivity contribution in [2.75, 3.05) is 0 Å². The molecule has 5 heteroatoms. The maximum atomic E-state index is 6.44. The minimum atomic E-state index is 0.675. The van der Waals surface area contributed by atoms with Gasteiger partial charge in [0.25, 0.3) is 0 Å². The van der Waals surface area contributed by atoms with Crippen molar-refractivity contribution in [2.24, 2.45) is 0 Å². The highest BCUT2D eigenvalue weighted by molar-refractivity contribution is 6.34. The van der Waals surface area contributed by atoms with E-state index >= 15 is 0 Å². The maximum absolute atomic E-state index is 6.44. The van der Waals surface area contributed by atoms with Crippen molar-refractivity contribution in [1.29, 1.82) is 0 Å². The van der Waals surface area contributed by atoms with E-state index in [1.807, 2.05) is 18.3 Å². The molecule has 4 nitrogen and oxygen atoms in total. The molecule has 21 heavy (non-hydrogen) atoms. The number of hydrogen-bond donors (Lipinski definition) is 1. The second-order valence-electron chi connectivity index (χ2n) is 5.00. The molecule has 2 aromatic carbocycles. The lowest BCUT2D eigenvalue weighted by Gasteiger charge is -2.09. The molecule has 0 bridgehead atoms. The van der Waals surface area contributed by atoms with Crippen molar-refractivity contribution >= 4 is 33.5 Å². The largest absolute Gasteiger partial charge is 0.278 e. The van der Waals surface area contributed by atoms with Gasteiger partial charge in [0.05, 0.1) is 27.8 Å². The molecule has 4 aromatic rings. The molecule has 2 aromatic heterocycles. The van der Waals surface area contributed by atoms with Crippen LogP contribution in [0.2, 0.25) is 5.02 Å². The molecule has 0 amide bonds. The molecule has 1 N–H and O–H groups in total. The molecule has 102 valence electrons. The van der Waals surface area contributed by atoms with Crippen LogP contribution in [0.15, 0.2) is 42.9 Å². The normalized spacial score (nSPS) is 11.3. The fourth-order valence-corrected chi connectivity index (χ4v) is 2.84.